The fraction of sp³-hybridized carbons (Fsp3) is 0.600. The number of nitrogens with one attached hydrogen (secondary N) is 1. The zero-order valence-corrected chi connectivity index (χ0v) is 11.8. The summed E-state index contributed by atoms with van der Waals surface area (Å²) in [5.74, 6) is 0.443. The van der Waals surface area contributed by atoms with E-state index >= 15 is 0 Å². The van der Waals surface area contributed by atoms with Gasteiger partial charge in [0.15, 0.2) is 0 Å². The molecular formula is C15H20ClFN2. The third-order valence-electron chi connectivity index (χ3n) is 4.37. The van der Waals surface area contributed by atoms with Gasteiger partial charge in [-0.25, -0.2) is 4.39 Å². The fourth-order valence-corrected chi connectivity index (χ4v) is 3.47. The number of rotatable bonds is 3. The minimum Gasteiger partial charge on any atom is -0.314 e. The molecule has 1 aliphatic carbocycles. The largest absolute Gasteiger partial charge is 0.314 e. The van der Waals surface area contributed by atoms with E-state index in [-0.39, 0.29) is 5.82 Å². The van der Waals surface area contributed by atoms with Crippen LogP contribution in [0.15, 0.2) is 18.2 Å². The van der Waals surface area contributed by atoms with Crippen LogP contribution in [0.25, 0.3) is 0 Å². The van der Waals surface area contributed by atoms with E-state index in [1.54, 1.807) is 6.07 Å². The SMILES string of the molecule is Fc1cc(Cl)cc([C@H](C2CCC2)N2CCNCC2)c1. The average Bonchev–Trinajstić information content (AvgIpc) is 2.33. The molecule has 0 aromatic heterocycles. The molecule has 0 bridgehead atoms. The summed E-state index contributed by atoms with van der Waals surface area (Å²) in [7, 11) is 0. The van der Waals surface area contributed by atoms with Crippen LogP contribution >= 0.6 is 11.6 Å². The van der Waals surface area contributed by atoms with Crippen molar-refractivity contribution in [2.75, 3.05) is 26.2 Å². The molecular weight excluding hydrogens is 263 g/mol. The minimum absolute atomic E-state index is 0.220. The molecule has 1 heterocycles. The smallest absolute Gasteiger partial charge is 0.125 e. The van der Waals surface area contributed by atoms with Gasteiger partial charge in [-0.1, -0.05) is 18.0 Å². The Hall–Kier alpha value is -0.640. The van der Waals surface area contributed by atoms with Gasteiger partial charge in [-0.15, -0.1) is 0 Å². The molecule has 2 aliphatic rings. The highest BCUT2D eigenvalue weighted by Crippen LogP contribution is 2.42. The third-order valence-corrected chi connectivity index (χ3v) is 4.59. The molecule has 0 amide bonds. The van der Waals surface area contributed by atoms with Crippen LogP contribution in [0.5, 0.6) is 0 Å². The van der Waals surface area contributed by atoms with E-state index < -0.39 is 0 Å². The Balaban J connectivity index is 1.88. The van der Waals surface area contributed by atoms with Crippen LogP contribution in [0.4, 0.5) is 4.39 Å². The second kappa shape index (κ2) is 5.78. The first-order valence-corrected chi connectivity index (χ1v) is 7.52. The lowest BCUT2D eigenvalue weighted by molar-refractivity contribution is 0.0835. The maximum atomic E-state index is 13.6. The summed E-state index contributed by atoms with van der Waals surface area (Å²) in [5, 5.41) is 3.89. The molecule has 1 aliphatic heterocycles. The highest BCUT2D eigenvalue weighted by Gasteiger charge is 2.33. The van der Waals surface area contributed by atoms with Gasteiger partial charge >= 0.3 is 0 Å². The molecule has 4 heteroatoms. The summed E-state index contributed by atoms with van der Waals surface area (Å²) in [4.78, 5) is 2.49. The summed E-state index contributed by atoms with van der Waals surface area (Å²) in [6, 6.07) is 5.33. The molecule has 1 N–H and O–H groups in total. The van der Waals surface area contributed by atoms with Gasteiger partial charge in [0.25, 0.3) is 0 Å². The van der Waals surface area contributed by atoms with Crippen molar-refractivity contribution in [1.29, 1.82) is 0 Å². The van der Waals surface area contributed by atoms with E-state index in [9.17, 15) is 4.39 Å². The van der Waals surface area contributed by atoms with Crippen molar-refractivity contribution in [3.05, 3.63) is 34.6 Å². The molecule has 0 spiro atoms. The maximum Gasteiger partial charge on any atom is 0.125 e. The number of nitrogens with zero attached hydrogens (tertiary/aromatic N) is 1. The molecule has 1 aromatic carbocycles. The predicted molar refractivity (Wildman–Crippen MR) is 75.9 cm³/mol. The van der Waals surface area contributed by atoms with Gasteiger partial charge in [-0.05, 0) is 42.5 Å². The monoisotopic (exact) mass is 282 g/mol. The van der Waals surface area contributed by atoms with Gasteiger partial charge in [0.05, 0.1) is 0 Å². The molecule has 2 nitrogen and oxygen atoms in total. The Bertz CT molecular complexity index is 422. The standard InChI is InChI=1S/C15H20ClFN2/c16-13-8-12(9-14(17)10-13)15(11-2-1-3-11)19-6-4-18-5-7-19/h8-11,15,18H,1-7H2/t15-/m0/s1. The quantitative estimate of drug-likeness (QED) is 0.916. The van der Waals surface area contributed by atoms with E-state index in [0.29, 0.717) is 17.0 Å². The molecule has 1 saturated carbocycles. The Kier molecular flexibility index (Phi) is 4.06. The van der Waals surface area contributed by atoms with E-state index in [4.69, 9.17) is 11.6 Å². The Morgan fingerprint density at radius 1 is 1.21 bits per heavy atom. The van der Waals surface area contributed by atoms with Crippen molar-refractivity contribution >= 4 is 11.6 Å². The first-order valence-electron chi connectivity index (χ1n) is 7.15. The Labute approximate surface area is 118 Å². The lowest BCUT2D eigenvalue weighted by Crippen LogP contribution is -2.47. The van der Waals surface area contributed by atoms with Gasteiger partial charge in [-0.2, -0.15) is 0 Å². The zero-order valence-electron chi connectivity index (χ0n) is 11.0. The minimum atomic E-state index is -0.220. The van der Waals surface area contributed by atoms with Crippen LogP contribution in [0.3, 0.4) is 0 Å². The number of halogens is 2. The Morgan fingerprint density at radius 2 is 1.95 bits per heavy atom. The molecule has 1 atom stereocenters. The highest BCUT2D eigenvalue weighted by atomic mass is 35.5. The van der Waals surface area contributed by atoms with Crippen molar-refractivity contribution in [2.45, 2.75) is 25.3 Å². The van der Waals surface area contributed by atoms with Crippen molar-refractivity contribution in [1.82, 2.24) is 10.2 Å². The number of hydrogen-bond acceptors (Lipinski definition) is 2. The Morgan fingerprint density at radius 3 is 2.53 bits per heavy atom. The van der Waals surface area contributed by atoms with Gasteiger partial charge in [0.1, 0.15) is 5.82 Å². The van der Waals surface area contributed by atoms with Crippen molar-refractivity contribution in [3.63, 3.8) is 0 Å². The molecule has 2 fully saturated rings. The lowest BCUT2D eigenvalue weighted by Gasteiger charge is -2.43. The zero-order chi connectivity index (χ0) is 13.2. The van der Waals surface area contributed by atoms with E-state index in [0.717, 1.165) is 31.7 Å². The second-order valence-electron chi connectivity index (χ2n) is 5.62. The van der Waals surface area contributed by atoms with Gasteiger partial charge < -0.3 is 5.32 Å². The lowest BCUT2D eigenvalue weighted by atomic mass is 9.76. The van der Waals surface area contributed by atoms with Crippen LogP contribution in [0.1, 0.15) is 30.9 Å². The first kappa shape index (κ1) is 13.3. The number of hydrogen-bond donors (Lipinski definition) is 1. The summed E-state index contributed by atoms with van der Waals surface area (Å²) in [6.07, 6.45) is 3.81. The molecule has 0 unspecified atom stereocenters. The second-order valence-corrected chi connectivity index (χ2v) is 6.06. The van der Waals surface area contributed by atoms with Gasteiger partial charge in [0.2, 0.25) is 0 Å². The van der Waals surface area contributed by atoms with Crippen LogP contribution in [0.2, 0.25) is 5.02 Å². The summed E-state index contributed by atoms with van der Waals surface area (Å²) in [6.45, 7) is 4.11. The van der Waals surface area contributed by atoms with Crippen LogP contribution in [-0.4, -0.2) is 31.1 Å². The highest BCUT2D eigenvalue weighted by molar-refractivity contribution is 6.30. The topological polar surface area (TPSA) is 15.3 Å². The third kappa shape index (κ3) is 2.93. The summed E-state index contributed by atoms with van der Waals surface area (Å²) >= 11 is 6.03. The molecule has 1 aromatic rings. The molecule has 19 heavy (non-hydrogen) atoms. The van der Waals surface area contributed by atoms with Crippen LogP contribution in [0, 0.1) is 11.7 Å². The first-order chi connectivity index (χ1) is 9.24. The normalized spacial score (nSPS) is 23.1. The van der Waals surface area contributed by atoms with Crippen molar-refractivity contribution in [3.8, 4) is 0 Å². The fourth-order valence-electron chi connectivity index (χ4n) is 3.24. The number of benzene rings is 1. The van der Waals surface area contributed by atoms with E-state index in [1.807, 2.05) is 6.07 Å². The molecule has 104 valence electrons. The molecule has 0 radical (unpaired) electrons. The molecule has 3 rings (SSSR count). The summed E-state index contributed by atoms with van der Waals surface area (Å²) < 4.78 is 13.6. The van der Waals surface area contributed by atoms with E-state index in [1.165, 1.54) is 25.3 Å². The van der Waals surface area contributed by atoms with Crippen LogP contribution < -0.4 is 5.32 Å². The average molecular weight is 283 g/mol. The number of piperazine rings is 1. The van der Waals surface area contributed by atoms with Gasteiger partial charge in [0, 0.05) is 37.2 Å². The predicted octanol–water partition coefficient (Wildman–Crippen LogP) is 3.23. The maximum absolute atomic E-state index is 13.6. The van der Waals surface area contributed by atoms with Gasteiger partial charge in [-0.3, -0.25) is 4.90 Å². The van der Waals surface area contributed by atoms with E-state index in [2.05, 4.69) is 10.2 Å². The molecule has 1 saturated heterocycles. The van der Waals surface area contributed by atoms with Crippen LogP contribution in [-0.2, 0) is 0 Å². The van der Waals surface area contributed by atoms with Crippen molar-refractivity contribution < 1.29 is 4.39 Å². The van der Waals surface area contributed by atoms with Crippen molar-refractivity contribution in [2.24, 2.45) is 5.92 Å². The summed E-state index contributed by atoms with van der Waals surface area (Å²) in [5.41, 5.74) is 1.05.